The van der Waals surface area contributed by atoms with Gasteiger partial charge in [-0.3, -0.25) is 9.59 Å². The number of ketones is 1. The topological polar surface area (TPSA) is 87.4 Å². The van der Waals surface area contributed by atoms with Gasteiger partial charge in [-0.05, 0) is 81.1 Å². The summed E-state index contributed by atoms with van der Waals surface area (Å²) in [6.07, 6.45) is -0.228. The summed E-state index contributed by atoms with van der Waals surface area (Å²) in [5, 5.41) is 29.2. The molecule has 1 aliphatic rings. The largest absolute Gasteiger partial charge is 0.468 e. The van der Waals surface area contributed by atoms with Gasteiger partial charge >= 0.3 is 5.97 Å². The van der Waals surface area contributed by atoms with E-state index in [2.05, 4.69) is 6.07 Å². The van der Waals surface area contributed by atoms with E-state index in [0.29, 0.717) is 22.3 Å². The number of halogens is 4. The number of methoxy groups -OCH3 is 1. The number of nitrogens with zero attached hydrogens (tertiary/aromatic N) is 1. The van der Waals surface area contributed by atoms with Crippen LogP contribution in [0.25, 0.3) is 21.5 Å². The van der Waals surface area contributed by atoms with Crippen molar-refractivity contribution in [2.75, 3.05) is 7.11 Å². The Morgan fingerprint density at radius 1 is 0.706 bits per heavy atom. The number of rotatable bonds is 6. The molecule has 0 saturated heterocycles. The highest BCUT2D eigenvalue weighted by molar-refractivity contribution is 6.42. The van der Waals surface area contributed by atoms with Crippen molar-refractivity contribution in [1.29, 1.82) is 5.26 Å². The maximum absolute atomic E-state index is 15.4. The summed E-state index contributed by atoms with van der Waals surface area (Å²) in [6, 6.07) is 38.0. The standard InChI is InChI=1S/C42H29Cl4NO4/c1-51-40(49)41(23-47)32(28-13-16-33(43)35(45)20-28)22-42(50,31-15-12-25-7-3-5-9-27(25)19-31)38(37(41)29-14-17-34(44)36(46)21-29)39(48)30-11-10-24-6-2-4-8-26(24)18-30/h2-21,32,37-38,50H,22H2,1H3/t32-,37+,38+,41-,42+/m1/s1. The van der Waals surface area contributed by atoms with Crippen molar-refractivity contribution in [3.8, 4) is 6.07 Å². The molecule has 0 bridgehead atoms. The Morgan fingerprint density at radius 3 is 1.84 bits per heavy atom. The van der Waals surface area contributed by atoms with Gasteiger partial charge in [0, 0.05) is 17.4 Å². The lowest BCUT2D eigenvalue weighted by molar-refractivity contribution is -0.162. The molecule has 0 amide bonds. The fourth-order valence-corrected chi connectivity index (χ4v) is 8.52. The van der Waals surface area contributed by atoms with Crippen molar-refractivity contribution < 1.29 is 19.4 Å². The molecule has 1 fully saturated rings. The molecule has 0 heterocycles. The summed E-state index contributed by atoms with van der Waals surface area (Å²) in [6.45, 7) is 0. The molecule has 0 spiro atoms. The van der Waals surface area contributed by atoms with Crippen molar-refractivity contribution in [2.24, 2.45) is 11.3 Å². The zero-order chi connectivity index (χ0) is 36.1. The third-order valence-electron chi connectivity index (χ3n) is 10.3. The second kappa shape index (κ2) is 13.6. The molecule has 0 aromatic heterocycles. The minimum absolute atomic E-state index is 0.147. The van der Waals surface area contributed by atoms with E-state index in [1.165, 1.54) is 7.11 Å². The molecule has 7 rings (SSSR count). The van der Waals surface area contributed by atoms with Crippen molar-refractivity contribution in [1.82, 2.24) is 0 Å². The van der Waals surface area contributed by atoms with E-state index in [9.17, 15) is 15.2 Å². The van der Waals surface area contributed by atoms with Crippen molar-refractivity contribution in [3.05, 3.63) is 164 Å². The molecule has 5 nitrogen and oxygen atoms in total. The number of carbonyl (C=O) groups excluding carboxylic acids is 2. The van der Waals surface area contributed by atoms with Gasteiger partial charge in [0.15, 0.2) is 11.2 Å². The number of ether oxygens (including phenoxy) is 1. The monoisotopic (exact) mass is 751 g/mol. The molecule has 9 heteroatoms. The first-order valence-corrected chi connectivity index (χ1v) is 17.7. The number of fused-ring (bicyclic) bond motifs is 2. The highest BCUT2D eigenvalue weighted by Crippen LogP contribution is 2.64. The molecule has 0 unspecified atom stereocenters. The maximum Gasteiger partial charge on any atom is 0.327 e. The molecule has 1 saturated carbocycles. The Kier molecular flexibility index (Phi) is 9.35. The summed E-state index contributed by atoms with van der Waals surface area (Å²) in [4.78, 5) is 29.8. The molecule has 51 heavy (non-hydrogen) atoms. The van der Waals surface area contributed by atoms with Gasteiger partial charge < -0.3 is 9.84 Å². The van der Waals surface area contributed by atoms with E-state index in [4.69, 9.17) is 51.1 Å². The van der Waals surface area contributed by atoms with Crippen LogP contribution in [0.1, 0.15) is 45.3 Å². The van der Waals surface area contributed by atoms with E-state index in [-0.39, 0.29) is 26.5 Å². The van der Waals surface area contributed by atoms with Crippen LogP contribution in [0.2, 0.25) is 20.1 Å². The van der Waals surface area contributed by atoms with Crippen molar-refractivity contribution in [2.45, 2.75) is 23.9 Å². The molecule has 6 aromatic rings. The fraction of sp³-hybridized carbons (Fsp3) is 0.167. The first kappa shape index (κ1) is 35.0. The lowest BCUT2D eigenvalue weighted by Gasteiger charge is -2.54. The quantitative estimate of drug-likeness (QED) is 0.135. The molecule has 254 valence electrons. The van der Waals surface area contributed by atoms with E-state index in [0.717, 1.165) is 21.5 Å². The lowest BCUT2D eigenvalue weighted by atomic mass is 9.47. The number of carbonyl (C=O) groups is 2. The normalized spacial score (nSPS) is 23.1. The SMILES string of the molecule is COC(=O)[C@]1(C#N)[C@@H](c2ccc(Cl)c(Cl)c2)C[C@](O)(c2ccc3ccccc3c2)[C@H](C(=O)c2ccc3ccccc3c2)[C@@H]1c1ccc(Cl)c(Cl)c1. The molecule has 0 aliphatic heterocycles. The molecular formula is C42H29Cl4NO4. The van der Waals surface area contributed by atoms with Crippen LogP contribution in [-0.2, 0) is 15.1 Å². The predicted molar refractivity (Wildman–Crippen MR) is 203 cm³/mol. The van der Waals surface area contributed by atoms with Gasteiger partial charge in [-0.2, -0.15) is 5.26 Å². The minimum atomic E-state index is -2.08. The van der Waals surface area contributed by atoms with E-state index in [1.54, 1.807) is 54.6 Å². The van der Waals surface area contributed by atoms with E-state index in [1.807, 2.05) is 66.7 Å². The zero-order valence-electron chi connectivity index (χ0n) is 27.1. The number of aliphatic hydroxyl groups is 1. The summed E-state index contributed by atoms with van der Waals surface area (Å²) in [5.41, 5.74) is -2.51. The first-order valence-electron chi connectivity index (χ1n) is 16.2. The summed E-state index contributed by atoms with van der Waals surface area (Å²) in [5.74, 6) is -5.12. The summed E-state index contributed by atoms with van der Waals surface area (Å²) >= 11 is 25.9. The number of esters is 1. The summed E-state index contributed by atoms with van der Waals surface area (Å²) in [7, 11) is 1.20. The van der Waals surface area contributed by atoms with E-state index < -0.39 is 40.5 Å². The van der Waals surface area contributed by atoms with Crippen LogP contribution in [0.3, 0.4) is 0 Å². The third kappa shape index (κ3) is 5.86. The molecule has 5 atom stereocenters. The molecule has 0 radical (unpaired) electrons. The number of Topliss-reactive ketones (excluding diaryl/α,β-unsaturated/α-hetero) is 1. The van der Waals surface area contributed by atoms with Crippen LogP contribution in [0.5, 0.6) is 0 Å². The fourth-order valence-electron chi connectivity index (χ4n) is 7.90. The highest BCUT2D eigenvalue weighted by atomic mass is 35.5. The van der Waals surface area contributed by atoms with Crippen LogP contribution in [0.15, 0.2) is 121 Å². The number of benzene rings is 6. The molecule has 1 aliphatic carbocycles. The van der Waals surface area contributed by atoms with Gasteiger partial charge in [0.1, 0.15) is 5.60 Å². The van der Waals surface area contributed by atoms with Gasteiger partial charge in [0.2, 0.25) is 0 Å². The Bertz CT molecular complexity index is 2410. The third-order valence-corrected chi connectivity index (χ3v) is 11.8. The van der Waals surface area contributed by atoms with Crippen LogP contribution in [0, 0.1) is 22.7 Å². The van der Waals surface area contributed by atoms with Crippen LogP contribution in [0.4, 0.5) is 0 Å². The van der Waals surface area contributed by atoms with Crippen LogP contribution >= 0.6 is 46.4 Å². The Hall–Kier alpha value is -4.41. The van der Waals surface area contributed by atoms with Gasteiger partial charge in [0.25, 0.3) is 0 Å². The summed E-state index contributed by atoms with van der Waals surface area (Å²) < 4.78 is 5.45. The van der Waals surface area contributed by atoms with Gasteiger partial charge in [-0.15, -0.1) is 0 Å². The number of hydrogen-bond acceptors (Lipinski definition) is 5. The van der Waals surface area contributed by atoms with Gasteiger partial charge in [-0.25, -0.2) is 0 Å². The lowest BCUT2D eigenvalue weighted by Crippen LogP contribution is -2.59. The number of nitriles is 1. The molecular weight excluding hydrogens is 724 g/mol. The molecule has 6 aromatic carbocycles. The van der Waals surface area contributed by atoms with Crippen molar-refractivity contribution >= 4 is 79.7 Å². The zero-order valence-corrected chi connectivity index (χ0v) is 30.1. The second-order valence-electron chi connectivity index (χ2n) is 12.9. The average molecular weight is 754 g/mol. The van der Waals surface area contributed by atoms with E-state index >= 15 is 4.79 Å². The molecule has 1 N–H and O–H groups in total. The number of hydrogen-bond donors (Lipinski definition) is 1. The van der Waals surface area contributed by atoms with Crippen LogP contribution in [-0.4, -0.2) is 24.0 Å². The second-order valence-corrected chi connectivity index (χ2v) is 14.6. The van der Waals surface area contributed by atoms with Gasteiger partial charge in [-0.1, -0.05) is 131 Å². The smallest absolute Gasteiger partial charge is 0.327 e. The maximum atomic E-state index is 15.4. The Labute approximate surface area is 314 Å². The Morgan fingerprint density at radius 2 is 1.25 bits per heavy atom. The highest BCUT2D eigenvalue weighted by Gasteiger charge is 2.67. The first-order chi connectivity index (χ1) is 24.5. The average Bonchev–Trinajstić information content (AvgIpc) is 3.15. The van der Waals surface area contributed by atoms with Crippen LogP contribution < -0.4 is 0 Å². The predicted octanol–water partition coefficient (Wildman–Crippen LogP) is 10.9. The van der Waals surface area contributed by atoms with Gasteiger partial charge in [0.05, 0.1) is 39.2 Å². The Balaban J connectivity index is 1.59. The van der Waals surface area contributed by atoms with Crippen molar-refractivity contribution in [3.63, 3.8) is 0 Å². The minimum Gasteiger partial charge on any atom is -0.468 e.